The molecule has 23 heteroatoms. The molecule has 5 aromatic rings. The van der Waals surface area contributed by atoms with Gasteiger partial charge in [0, 0.05) is 32.8 Å². The van der Waals surface area contributed by atoms with Gasteiger partial charge in [-0.15, -0.1) is 22.7 Å². The summed E-state index contributed by atoms with van der Waals surface area (Å²) in [6.07, 6.45) is -10.9. The topological polar surface area (TPSA) is 151 Å². The second-order valence-electron chi connectivity index (χ2n) is 9.41. The SMILES string of the molecule is CCOC(=O)c1csc(-n2[n-]c(=O)c(C(c3ccc(Cl)cc3)c3c(C(F)(F)F)[n-]n(-c4nc(C(=O)OCC)cs4)c3=O)c2C(F)(F)F)n1.[Na+].[Na+]. The Bertz CT molecular complexity index is 2120. The van der Waals surface area contributed by atoms with Crippen LogP contribution in [0.2, 0.25) is 5.02 Å². The van der Waals surface area contributed by atoms with Gasteiger partial charge < -0.3 is 33.8 Å². The Morgan fingerprint density at radius 1 is 0.820 bits per heavy atom. The first-order valence-electron chi connectivity index (χ1n) is 13.3. The van der Waals surface area contributed by atoms with Gasteiger partial charge in [-0.25, -0.2) is 19.6 Å². The summed E-state index contributed by atoms with van der Waals surface area (Å²) in [7, 11) is 0. The molecule has 5 rings (SSSR count). The number of nitrogens with zero attached hydrogens (tertiary/aromatic N) is 6. The number of aromatic nitrogens is 6. The zero-order valence-electron chi connectivity index (χ0n) is 26.1. The number of carbonyl (C=O) groups excluding carboxylic acids is 2. The van der Waals surface area contributed by atoms with Gasteiger partial charge in [0.2, 0.25) is 5.56 Å². The monoisotopic (exact) mass is 780 g/mol. The van der Waals surface area contributed by atoms with Crippen molar-refractivity contribution < 1.29 is 105 Å². The molecule has 0 spiro atoms. The van der Waals surface area contributed by atoms with Crippen LogP contribution < -0.4 is 80.4 Å². The van der Waals surface area contributed by atoms with Gasteiger partial charge in [-0.05, 0) is 37.2 Å². The summed E-state index contributed by atoms with van der Waals surface area (Å²) in [6, 6.07) is 4.33. The van der Waals surface area contributed by atoms with Crippen LogP contribution in [0.15, 0.2) is 44.6 Å². The molecule has 1 atom stereocenters. The molecule has 0 N–H and O–H groups in total. The molecule has 0 radical (unpaired) electrons. The number of halogens is 7. The van der Waals surface area contributed by atoms with Crippen molar-refractivity contribution in [2.75, 3.05) is 13.2 Å². The van der Waals surface area contributed by atoms with Crippen LogP contribution in [-0.4, -0.2) is 44.5 Å². The molecular formula is C27H17ClF6N6Na2O6S2. The normalized spacial score (nSPS) is 12.2. The summed E-state index contributed by atoms with van der Waals surface area (Å²) < 4.78 is 98.3. The van der Waals surface area contributed by atoms with E-state index in [4.69, 9.17) is 21.1 Å². The second kappa shape index (κ2) is 16.3. The first-order valence-corrected chi connectivity index (χ1v) is 15.5. The van der Waals surface area contributed by atoms with Crippen LogP contribution in [-0.2, 0) is 21.8 Å². The number of hydrogen-bond acceptors (Lipinski definition) is 10. The molecular weight excluding hydrogens is 764 g/mol. The van der Waals surface area contributed by atoms with Crippen LogP contribution in [0.3, 0.4) is 0 Å². The molecule has 0 bridgehead atoms. The Morgan fingerprint density at radius 2 is 1.32 bits per heavy atom. The third kappa shape index (κ3) is 8.34. The average molecular weight is 781 g/mol. The summed E-state index contributed by atoms with van der Waals surface area (Å²) in [5, 5.41) is 7.74. The van der Waals surface area contributed by atoms with E-state index >= 15 is 0 Å². The van der Waals surface area contributed by atoms with Crippen molar-refractivity contribution in [1.82, 2.24) is 29.5 Å². The van der Waals surface area contributed by atoms with Crippen molar-refractivity contribution in [3.63, 3.8) is 0 Å². The van der Waals surface area contributed by atoms with E-state index in [-0.39, 0.29) is 98.0 Å². The third-order valence-electron chi connectivity index (χ3n) is 6.40. The van der Waals surface area contributed by atoms with Crippen molar-refractivity contribution >= 4 is 46.2 Å². The van der Waals surface area contributed by atoms with E-state index in [1.165, 1.54) is 13.8 Å². The number of alkyl halides is 6. The van der Waals surface area contributed by atoms with Crippen LogP contribution >= 0.6 is 34.3 Å². The predicted octanol–water partition coefficient (Wildman–Crippen LogP) is -0.952. The Kier molecular flexibility index (Phi) is 13.6. The van der Waals surface area contributed by atoms with Crippen molar-refractivity contribution in [3.8, 4) is 10.3 Å². The standard InChI is InChI=1S/C27H19ClF6N6O6S2.2Na/c1-3-45-22(43)13-9-47-24(35-13)39-19(27(32,33)34)17(20(41)38-39)15(11-5-7-12(28)8-6-11)16-18(26(29,30)31)37-40(21(16)42)25-36-14(10-48-25)23(44)46-4-2;;/h5-10,15H,3-4H2,1-2H3,(H2,37,38,41,42);;/q;2*+1/p-2. The van der Waals surface area contributed by atoms with Gasteiger partial charge in [0.15, 0.2) is 21.7 Å². The van der Waals surface area contributed by atoms with Crippen molar-refractivity contribution in [1.29, 1.82) is 0 Å². The van der Waals surface area contributed by atoms with E-state index in [1.807, 2.05) is 0 Å². The van der Waals surface area contributed by atoms with Crippen molar-refractivity contribution in [2.24, 2.45) is 0 Å². The fraction of sp³-hybridized carbons (Fsp3) is 0.259. The molecule has 0 amide bonds. The fourth-order valence-corrected chi connectivity index (χ4v) is 6.16. The Hall–Kier alpha value is -2.69. The minimum atomic E-state index is -5.48. The Balaban J connectivity index is 0.00000338. The molecule has 0 fully saturated rings. The maximum Gasteiger partial charge on any atom is 1.00 e. The number of hydrogen-bond donors (Lipinski definition) is 0. The summed E-state index contributed by atoms with van der Waals surface area (Å²) >= 11 is 6.94. The number of benzene rings is 1. The smallest absolute Gasteiger partial charge is 0.581 e. The van der Waals surface area contributed by atoms with Gasteiger partial charge in [0.05, 0.1) is 18.8 Å². The van der Waals surface area contributed by atoms with Crippen LogP contribution in [0.1, 0.15) is 68.8 Å². The van der Waals surface area contributed by atoms with Crippen LogP contribution in [0.25, 0.3) is 10.3 Å². The van der Waals surface area contributed by atoms with E-state index in [0.717, 1.165) is 35.0 Å². The molecule has 0 saturated heterocycles. The van der Waals surface area contributed by atoms with Crippen molar-refractivity contribution in [2.45, 2.75) is 32.1 Å². The number of ether oxygens (including phenoxy) is 2. The third-order valence-corrected chi connectivity index (χ3v) is 8.28. The Labute approximate surface area is 333 Å². The minimum absolute atomic E-state index is 0. The molecule has 1 aromatic carbocycles. The van der Waals surface area contributed by atoms with Gasteiger partial charge in [-0.2, -0.15) is 26.3 Å². The quantitative estimate of drug-likeness (QED) is 0.104. The second-order valence-corrected chi connectivity index (χ2v) is 11.5. The summed E-state index contributed by atoms with van der Waals surface area (Å²) in [4.78, 5) is 59.1. The zero-order valence-corrected chi connectivity index (χ0v) is 32.4. The maximum absolute atomic E-state index is 14.9. The van der Waals surface area contributed by atoms with Crippen LogP contribution in [0.4, 0.5) is 26.3 Å². The van der Waals surface area contributed by atoms with E-state index < -0.39 is 79.8 Å². The molecule has 0 saturated carbocycles. The van der Waals surface area contributed by atoms with Gasteiger partial charge in [-0.3, -0.25) is 4.79 Å². The number of esters is 2. The number of rotatable bonds is 9. The summed E-state index contributed by atoms with van der Waals surface area (Å²) in [5.41, 5.74) is -11.0. The minimum Gasteiger partial charge on any atom is -0.581 e. The molecule has 0 aliphatic rings. The molecule has 0 aliphatic heterocycles. The predicted molar refractivity (Wildman–Crippen MR) is 156 cm³/mol. The molecule has 1 unspecified atom stereocenters. The van der Waals surface area contributed by atoms with E-state index in [1.54, 1.807) is 0 Å². The van der Waals surface area contributed by atoms with Gasteiger partial charge in [0.25, 0.3) is 0 Å². The Morgan fingerprint density at radius 3 is 1.78 bits per heavy atom. The van der Waals surface area contributed by atoms with E-state index in [2.05, 4.69) is 20.2 Å². The fourth-order valence-electron chi connectivity index (χ4n) is 4.55. The number of thiazole rings is 2. The zero-order chi connectivity index (χ0) is 35.1. The first-order chi connectivity index (χ1) is 22.6. The van der Waals surface area contributed by atoms with Gasteiger partial charge in [-0.1, -0.05) is 23.7 Å². The van der Waals surface area contributed by atoms with E-state index in [9.17, 15) is 45.5 Å². The average Bonchev–Trinajstić information content (AvgIpc) is 3.80. The summed E-state index contributed by atoms with van der Waals surface area (Å²) in [6.45, 7) is 2.81. The molecule has 4 heterocycles. The maximum atomic E-state index is 14.9. The largest absolute Gasteiger partial charge is 1.00 e. The number of carbonyl (C=O) groups is 2. The van der Waals surface area contributed by atoms with E-state index in [0.29, 0.717) is 22.7 Å². The molecule has 12 nitrogen and oxygen atoms in total. The summed E-state index contributed by atoms with van der Waals surface area (Å²) in [5.74, 6) is -4.33. The van der Waals surface area contributed by atoms with Gasteiger partial charge in [0.1, 0.15) is 5.69 Å². The molecule has 0 aliphatic carbocycles. The first kappa shape index (κ1) is 41.7. The molecule has 50 heavy (non-hydrogen) atoms. The van der Waals surface area contributed by atoms with Gasteiger partial charge >= 0.3 is 83.4 Å². The molecule has 4 aromatic heterocycles. The van der Waals surface area contributed by atoms with Crippen molar-refractivity contribution in [3.05, 3.63) is 100 Å². The molecule has 254 valence electrons. The van der Waals surface area contributed by atoms with Crippen LogP contribution in [0, 0.1) is 0 Å². The van der Waals surface area contributed by atoms with Crippen LogP contribution in [0.5, 0.6) is 0 Å².